The van der Waals surface area contributed by atoms with E-state index in [9.17, 15) is 0 Å². The molecule has 20 heavy (non-hydrogen) atoms. The van der Waals surface area contributed by atoms with E-state index in [0.717, 1.165) is 6.42 Å². The van der Waals surface area contributed by atoms with E-state index in [2.05, 4.69) is 60.5 Å². The molecule has 102 valence electrons. The molecule has 2 heterocycles. The molecule has 2 nitrogen and oxygen atoms in total. The van der Waals surface area contributed by atoms with Gasteiger partial charge in [-0.15, -0.1) is 11.3 Å². The molecule has 2 aromatic heterocycles. The topological polar surface area (TPSA) is 24.9 Å². The van der Waals surface area contributed by atoms with Crippen molar-refractivity contribution in [3.8, 4) is 0 Å². The second-order valence-corrected chi connectivity index (χ2v) is 6.13. The van der Waals surface area contributed by atoms with Crippen molar-refractivity contribution < 1.29 is 0 Å². The van der Waals surface area contributed by atoms with Crippen LogP contribution in [0, 0.1) is 0 Å². The number of fused-ring (bicyclic) bond motifs is 1. The summed E-state index contributed by atoms with van der Waals surface area (Å²) >= 11 is 1.89. The van der Waals surface area contributed by atoms with Crippen molar-refractivity contribution in [2.75, 3.05) is 5.32 Å². The van der Waals surface area contributed by atoms with E-state index in [1.165, 1.54) is 26.2 Å². The minimum absolute atomic E-state index is 0.319. The summed E-state index contributed by atoms with van der Waals surface area (Å²) < 4.78 is 0. The maximum Gasteiger partial charge on any atom is 0.0578 e. The van der Waals surface area contributed by atoms with Gasteiger partial charge in [0.25, 0.3) is 0 Å². The van der Waals surface area contributed by atoms with Crippen LogP contribution in [-0.4, -0.2) is 4.98 Å². The van der Waals surface area contributed by atoms with Crippen molar-refractivity contribution in [1.82, 2.24) is 4.98 Å². The molecule has 0 radical (unpaired) electrons. The Kier molecular flexibility index (Phi) is 3.70. The molecular weight excluding hydrogens is 264 g/mol. The van der Waals surface area contributed by atoms with E-state index in [1.807, 2.05) is 23.7 Å². The van der Waals surface area contributed by atoms with E-state index in [-0.39, 0.29) is 0 Å². The number of aryl methyl sites for hydroxylation is 1. The highest BCUT2D eigenvalue weighted by Crippen LogP contribution is 2.29. The van der Waals surface area contributed by atoms with Crippen LogP contribution in [0.15, 0.2) is 48.8 Å². The van der Waals surface area contributed by atoms with Crippen LogP contribution in [0.4, 0.5) is 5.69 Å². The lowest BCUT2D eigenvalue weighted by Gasteiger charge is -2.15. The Morgan fingerprint density at radius 1 is 1.20 bits per heavy atom. The zero-order chi connectivity index (χ0) is 13.9. The fourth-order valence-corrected chi connectivity index (χ4v) is 3.32. The Labute approximate surface area is 123 Å². The fourth-order valence-electron chi connectivity index (χ4n) is 2.37. The molecule has 0 aliphatic carbocycles. The van der Waals surface area contributed by atoms with Gasteiger partial charge in [0.15, 0.2) is 0 Å². The summed E-state index contributed by atoms with van der Waals surface area (Å²) in [6, 6.07) is 13.1. The van der Waals surface area contributed by atoms with E-state index in [4.69, 9.17) is 0 Å². The number of aromatic nitrogens is 1. The van der Waals surface area contributed by atoms with Crippen LogP contribution in [0.2, 0.25) is 0 Å². The van der Waals surface area contributed by atoms with Crippen LogP contribution >= 0.6 is 11.3 Å². The first-order valence-corrected chi connectivity index (χ1v) is 7.77. The summed E-state index contributed by atoms with van der Waals surface area (Å²) in [5.74, 6) is 0. The molecule has 0 saturated carbocycles. The molecule has 1 N–H and O–H groups in total. The summed E-state index contributed by atoms with van der Waals surface area (Å²) in [7, 11) is 0. The van der Waals surface area contributed by atoms with Gasteiger partial charge in [-0.2, -0.15) is 0 Å². The second kappa shape index (κ2) is 5.63. The predicted octanol–water partition coefficient (Wildman–Crippen LogP) is 5.03. The van der Waals surface area contributed by atoms with Crippen LogP contribution in [0.1, 0.15) is 29.6 Å². The molecule has 0 saturated heterocycles. The SMILES string of the molecule is CCc1ccc(C(C)Nc2cccc3cnccc23)s1. The fraction of sp³-hybridized carbons (Fsp3) is 0.235. The first kappa shape index (κ1) is 13.1. The van der Waals surface area contributed by atoms with Gasteiger partial charge >= 0.3 is 0 Å². The lowest BCUT2D eigenvalue weighted by Crippen LogP contribution is -2.05. The Balaban J connectivity index is 1.89. The standard InChI is InChI=1S/C17H18N2S/c1-3-14-7-8-17(20-14)12(2)19-16-6-4-5-13-11-18-10-9-15(13)16/h4-12,19H,3H2,1-2H3. The Bertz CT molecular complexity index is 712. The molecule has 0 aliphatic rings. The Morgan fingerprint density at radius 3 is 2.90 bits per heavy atom. The highest BCUT2D eigenvalue weighted by Gasteiger charge is 2.09. The maximum absolute atomic E-state index is 4.18. The molecule has 0 fully saturated rings. The van der Waals surface area contributed by atoms with Gasteiger partial charge in [-0.3, -0.25) is 4.98 Å². The molecule has 1 atom stereocenters. The van der Waals surface area contributed by atoms with Crippen molar-refractivity contribution in [2.45, 2.75) is 26.3 Å². The molecule has 3 rings (SSSR count). The van der Waals surface area contributed by atoms with Crippen molar-refractivity contribution >= 4 is 27.8 Å². The van der Waals surface area contributed by atoms with Gasteiger partial charge in [0.05, 0.1) is 6.04 Å². The van der Waals surface area contributed by atoms with Crippen molar-refractivity contribution in [3.63, 3.8) is 0 Å². The molecule has 1 unspecified atom stereocenters. The number of pyridine rings is 1. The number of nitrogens with one attached hydrogen (secondary N) is 1. The molecule has 0 amide bonds. The zero-order valence-corrected chi connectivity index (χ0v) is 12.6. The van der Waals surface area contributed by atoms with Gasteiger partial charge < -0.3 is 5.32 Å². The van der Waals surface area contributed by atoms with E-state index < -0.39 is 0 Å². The summed E-state index contributed by atoms with van der Waals surface area (Å²) in [4.78, 5) is 7.00. The van der Waals surface area contributed by atoms with Gasteiger partial charge in [0, 0.05) is 38.6 Å². The zero-order valence-electron chi connectivity index (χ0n) is 11.8. The lowest BCUT2D eigenvalue weighted by molar-refractivity contribution is 0.910. The van der Waals surface area contributed by atoms with Crippen LogP contribution in [0.3, 0.4) is 0 Å². The molecule has 3 aromatic rings. The molecule has 1 aromatic carbocycles. The molecule has 0 spiro atoms. The highest BCUT2D eigenvalue weighted by atomic mass is 32.1. The smallest absolute Gasteiger partial charge is 0.0578 e. The quantitative estimate of drug-likeness (QED) is 0.725. The summed E-state index contributed by atoms with van der Waals surface area (Å²) in [6.07, 6.45) is 4.86. The minimum atomic E-state index is 0.319. The predicted molar refractivity (Wildman–Crippen MR) is 87.5 cm³/mol. The minimum Gasteiger partial charge on any atom is -0.377 e. The monoisotopic (exact) mass is 282 g/mol. The van der Waals surface area contributed by atoms with E-state index in [1.54, 1.807) is 0 Å². The van der Waals surface area contributed by atoms with E-state index >= 15 is 0 Å². The van der Waals surface area contributed by atoms with Gasteiger partial charge in [0.1, 0.15) is 0 Å². The van der Waals surface area contributed by atoms with Crippen LogP contribution in [-0.2, 0) is 6.42 Å². The normalized spacial score (nSPS) is 12.5. The number of thiophene rings is 1. The number of hydrogen-bond acceptors (Lipinski definition) is 3. The van der Waals surface area contributed by atoms with E-state index in [0.29, 0.717) is 6.04 Å². The maximum atomic E-state index is 4.18. The lowest BCUT2D eigenvalue weighted by atomic mass is 10.1. The third-order valence-electron chi connectivity index (χ3n) is 3.51. The Morgan fingerprint density at radius 2 is 2.10 bits per heavy atom. The summed E-state index contributed by atoms with van der Waals surface area (Å²) in [5, 5.41) is 6.02. The largest absolute Gasteiger partial charge is 0.377 e. The van der Waals surface area contributed by atoms with Crippen molar-refractivity contribution in [1.29, 1.82) is 0 Å². The molecule has 0 aliphatic heterocycles. The number of hydrogen-bond donors (Lipinski definition) is 1. The highest BCUT2D eigenvalue weighted by molar-refractivity contribution is 7.12. The van der Waals surface area contributed by atoms with Crippen molar-refractivity contribution in [3.05, 3.63) is 58.5 Å². The molecular formula is C17H18N2S. The van der Waals surface area contributed by atoms with Gasteiger partial charge in [-0.25, -0.2) is 0 Å². The third kappa shape index (κ3) is 2.54. The third-order valence-corrected chi connectivity index (χ3v) is 4.92. The summed E-state index contributed by atoms with van der Waals surface area (Å²) in [5.41, 5.74) is 1.17. The first-order chi connectivity index (χ1) is 9.78. The van der Waals surface area contributed by atoms with Gasteiger partial charge in [-0.05, 0) is 37.6 Å². The van der Waals surface area contributed by atoms with Crippen molar-refractivity contribution in [2.24, 2.45) is 0 Å². The van der Waals surface area contributed by atoms with Crippen LogP contribution < -0.4 is 5.32 Å². The number of rotatable bonds is 4. The van der Waals surface area contributed by atoms with Crippen LogP contribution in [0.25, 0.3) is 10.8 Å². The van der Waals surface area contributed by atoms with Gasteiger partial charge in [-0.1, -0.05) is 19.1 Å². The number of anilines is 1. The number of benzene rings is 1. The Hall–Kier alpha value is -1.87. The number of nitrogens with zero attached hydrogens (tertiary/aromatic N) is 1. The molecule has 3 heteroatoms. The average molecular weight is 282 g/mol. The van der Waals surface area contributed by atoms with Gasteiger partial charge in [0.2, 0.25) is 0 Å². The van der Waals surface area contributed by atoms with Crippen LogP contribution in [0.5, 0.6) is 0 Å². The first-order valence-electron chi connectivity index (χ1n) is 6.96. The molecule has 0 bridgehead atoms. The average Bonchev–Trinajstić information content (AvgIpc) is 2.97. The summed E-state index contributed by atoms with van der Waals surface area (Å²) in [6.45, 7) is 4.41. The second-order valence-electron chi connectivity index (χ2n) is 4.93.